The minimum Gasteiger partial charge on any atom is -0.444 e. The summed E-state index contributed by atoms with van der Waals surface area (Å²) in [4.78, 5) is 25.6. The summed E-state index contributed by atoms with van der Waals surface area (Å²) in [7, 11) is 0. The fourth-order valence-corrected chi connectivity index (χ4v) is 2.50. The number of piperidine rings is 1. The zero-order valence-electron chi connectivity index (χ0n) is 12.7. The van der Waals surface area contributed by atoms with Crippen molar-refractivity contribution in [3.63, 3.8) is 0 Å². The first-order valence-corrected chi connectivity index (χ1v) is 7.03. The van der Waals surface area contributed by atoms with Crippen molar-refractivity contribution in [1.82, 2.24) is 14.7 Å². The molecule has 116 valence electrons. The average molecular weight is 294 g/mol. The van der Waals surface area contributed by atoms with Crippen LogP contribution in [0.3, 0.4) is 0 Å². The van der Waals surface area contributed by atoms with Gasteiger partial charge in [0.15, 0.2) is 0 Å². The second kappa shape index (κ2) is 5.38. The van der Waals surface area contributed by atoms with Crippen LogP contribution in [0.1, 0.15) is 33.6 Å². The molecule has 0 bridgehead atoms. The normalized spacial score (nSPS) is 18.3. The third-order valence-corrected chi connectivity index (χ3v) is 3.64. The Kier molecular flexibility index (Phi) is 3.93. The minimum absolute atomic E-state index is 0.360. The molecule has 0 aromatic carbocycles. The molecule has 2 N–H and O–H groups in total. The van der Waals surface area contributed by atoms with Gasteiger partial charge >= 0.3 is 6.09 Å². The number of amides is 2. The van der Waals surface area contributed by atoms with Crippen molar-refractivity contribution < 1.29 is 14.3 Å². The molecule has 1 aromatic rings. The van der Waals surface area contributed by atoms with Crippen LogP contribution in [0.5, 0.6) is 0 Å². The third-order valence-electron chi connectivity index (χ3n) is 3.64. The summed E-state index contributed by atoms with van der Waals surface area (Å²) >= 11 is 0. The Morgan fingerprint density at radius 3 is 2.33 bits per heavy atom. The summed E-state index contributed by atoms with van der Waals surface area (Å²) in [5.74, 6) is -0.421. The van der Waals surface area contributed by atoms with Gasteiger partial charge in [0.1, 0.15) is 11.1 Å². The molecule has 1 fully saturated rings. The van der Waals surface area contributed by atoms with Gasteiger partial charge in [-0.15, -0.1) is 0 Å². The monoisotopic (exact) mass is 294 g/mol. The third kappa shape index (κ3) is 3.17. The molecular weight excluding hydrogens is 272 g/mol. The average Bonchev–Trinajstić information content (AvgIpc) is 2.90. The Labute approximate surface area is 124 Å². The van der Waals surface area contributed by atoms with Crippen molar-refractivity contribution in [1.29, 1.82) is 0 Å². The van der Waals surface area contributed by atoms with E-state index in [2.05, 4.69) is 5.10 Å². The molecule has 1 saturated heterocycles. The summed E-state index contributed by atoms with van der Waals surface area (Å²) in [5, 5.41) is 4.14. The second-order valence-corrected chi connectivity index (χ2v) is 6.31. The van der Waals surface area contributed by atoms with Crippen molar-refractivity contribution in [2.45, 2.75) is 44.8 Å². The molecule has 2 rings (SSSR count). The van der Waals surface area contributed by atoms with Crippen molar-refractivity contribution >= 4 is 12.0 Å². The number of likely N-dealkylation sites (tertiary alicyclic amines) is 1. The predicted octanol–water partition coefficient (Wildman–Crippen LogP) is 1.09. The Morgan fingerprint density at radius 1 is 1.29 bits per heavy atom. The molecule has 0 aliphatic carbocycles. The highest BCUT2D eigenvalue weighted by atomic mass is 16.6. The second-order valence-electron chi connectivity index (χ2n) is 6.31. The SMILES string of the molecule is CC(C)(C)OC(=O)N1CCC(C(N)=O)(n2cccn2)CC1. The van der Waals surface area contributed by atoms with Crippen molar-refractivity contribution in [3.8, 4) is 0 Å². The molecule has 7 heteroatoms. The fraction of sp³-hybridized carbons (Fsp3) is 0.643. The highest BCUT2D eigenvalue weighted by Crippen LogP contribution is 2.30. The molecule has 0 unspecified atom stereocenters. The smallest absolute Gasteiger partial charge is 0.410 e. The molecule has 1 aromatic heterocycles. The quantitative estimate of drug-likeness (QED) is 0.884. The summed E-state index contributed by atoms with van der Waals surface area (Å²) in [6.07, 6.45) is 3.85. The Morgan fingerprint density at radius 2 is 1.90 bits per heavy atom. The number of hydrogen-bond donors (Lipinski definition) is 1. The van der Waals surface area contributed by atoms with E-state index < -0.39 is 17.0 Å². The highest BCUT2D eigenvalue weighted by molar-refractivity contribution is 5.83. The largest absolute Gasteiger partial charge is 0.444 e. The van der Waals surface area contributed by atoms with Gasteiger partial charge in [0, 0.05) is 25.5 Å². The maximum Gasteiger partial charge on any atom is 0.410 e. The van der Waals surface area contributed by atoms with E-state index in [9.17, 15) is 9.59 Å². The lowest BCUT2D eigenvalue weighted by Crippen LogP contribution is -2.55. The van der Waals surface area contributed by atoms with Crippen LogP contribution >= 0.6 is 0 Å². The number of nitrogens with two attached hydrogens (primary N) is 1. The van der Waals surface area contributed by atoms with Crippen LogP contribution in [0.2, 0.25) is 0 Å². The minimum atomic E-state index is -0.859. The van der Waals surface area contributed by atoms with Crippen LogP contribution in [0.15, 0.2) is 18.5 Å². The number of nitrogens with zero attached hydrogens (tertiary/aromatic N) is 3. The molecule has 0 radical (unpaired) electrons. The molecule has 1 aliphatic heterocycles. The molecule has 21 heavy (non-hydrogen) atoms. The molecule has 0 saturated carbocycles. The van der Waals surface area contributed by atoms with Crippen LogP contribution < -0.4 is 5.73 Å². The van der Waals surface area contributed by atoms with Crippen LogP contribution in [0.25, 0.3) is 0 Å². The standard InChI is InChI=1S/C14H22N4O3/c1-13(2,3)21-12(20)17-9-5-14(6-10-17,11(15)19)18-8-4-7-16-18/h4,7-8H,5-6,9-10H2,1-3H3,(H2,15,19). The first-order chi connectivity index (χ1) is 9.74. The molecule has 2 heterocycles. The van der Waals surface area contributed by atoms with Gasteiger partial charge in [-0.2, -0.15) is 5.10 Å². The van der Waals surface area contributed by atoms with Crippen LogP contribution in [0.4, 0.5) is 4.79 Å². The van der Waals surface area contributed by atoms with E-state index in [-0.39, 0.29) is 6.09 Å². The predicted molar refractivity (Wildman–Crippen MR) is 76.4 cm³/mol. The van der Waals surface area contributed by atoms with E-state index in [0.717, 1.165) is 0 Å². The van der Waals surface area contributed by atoms with Gasteiger partial charge in [-0.3, -0.25) is 9.48 Å². The number of ether oxygens (including phenoxy) is 1. The first kappa shape index (κ1) is 15.3. The zero-order chi connectivity index (χ0) is 15.7. The van der Waals surface area contributed by atoms with E-state index in [0.29, 0.717) is 25.9 Å². The van der Waals surface area contributed by atoms with Crippen molar-refractivity contribution in [2.75, 3.05) is 13.1 Å². The number of aromatic nitrogens is 2. The molecule has 2 amide bonds. The van der Waals surface area contributed by atoms with Crippen LogP contribution in [-0.2, 0) is 15.1 Å². The fourth-order valence-electron chi connectivity index (χ4n) is 2.50. The molecule has 1 aliphatic rings. The van der Waals surface area contributed by atoms with Gasteiger partial charge < -0.3 is 15.4 Å². The van der Waals surface area contributed by atoms with Gasteiger partial charge in [0.25, 0.3) is 0 Å². The van der Waals surface area contributed by atoms with Crippen molar-refractivity contribution in [2.24, 2.45) is 5.73 Å². The highest BCUT2D eigenvalue weighted by Gasteiger charge is 2.43. The molecule has 7 nitrogen and oxygen atoms in total. The van der Waals surface area contributed by atoms with E-state index in [4.69, 9.17) is 10.5 Å². The topological polar surface area (TPSA) is 90.5 Å². The number of carbonyl (C=O) groups excluding carboxylic acids is 2. The lowest BCUT2D eigenvalue weighted by Gasteiger charge is -2.39. The lowest BCUT2D eigenvalue weighted by molar-refractivity contribution is -0.129. The molecule has 0 atom stereocenters. The molecule has 0 spiro atoms. The van der Waals surface area contributed by atoms with Gasteiger partial charge in [-0.05, 0) is 39.7 Å². The van der Waals surface area contributed by atoms with Crippen LogP contribution in [-0.4, -0.2) is 45.4 Å². The number of hydrogen-bond acceptors (Lipinski definition) is 4. The van der Waals surface area contributed by atoms with Gasteiger partial charge in [0.05, 0.1) is 0 Å². The maximum atomic E-state index is 12.0. The van der Waals surface area contributed by atoms with Gasteiger partial charge in [-0.25, -0.2) is 4.79 Å². The van der Waals surface area contributed by atoms with E-state index in [1.165, 1.54) is 0 Å². The molecular formula is C14H22N4O3. The van der Waals surface area contributed by atoms with Gasteiger partial charge in [-0.1, -0.05) is 0 Å². The van der Waals surface area contributed by atoms with E-state index in [1.54, 1.807) is 28.0 Å². The van der Waals surface area contributed by atoms with Crippen molar-refractivity contribution in [3.05, 3.63) is 18.5 Å². The zero-order valence-corrected chi connectivity index (χ0v) is 12.7. The lowest BCUT2D eigenvalue weighted by atomic mass is 9.87. The summed E-state index contributed by atoms with van der Waals surface area (Å²) in [6, 6.07) is 1.75. The number of rotatable bonds is 2. The van der Waals surface area contributed by atoms with E-state index in [1.807, 2.05) is 20.8 Å². The summed E-state index contributed by atoms with van der Waals surface area (Å²) in [5.41, 5.74) is 4.19. The Balaban J connectivity index is 2.08. The number of primary amides is 1. The summed E-state index contributed by atoms with van der Waals surface area (Å²) < 4.78 is 6.94. The Hall–Kier alpha value is -2.05. The summed E-state index contributed by atoms with van der Waals surface area (Å²) in [6.45, 7) is 6.31. The van der Waals surface area contributed by atoms with E-state index >= 15 is 0 Å². The maximum absolute atomic E-state index is 12.0. The number of carbonyl (C=O) groups is 2. The first-order valence-electron chi connectivity index (χ1n) is 7.03. The van der Waals surface area contributed by atoms with Gasteiger partial charge in [0.2, 0.25) is 5.91 Å². The Bertz CT molecular complexity index is 511. The van der Waals surface area contributed by atoms with Crippen LogP contribution in [0, 0.1) is 0 Å².